The Labute approximate surface area is 138 Å². The average molecular weight is 326 g/mol. The van der Waals surface area contributed by atoms with Crippen molar-refractivity contribution in [3.05, 3.63) is 12.2 Å². The SMILES string of the molecule is CCCCC[C@@H]1C(=O)C[C@H](O)[C@@H]1/C=C/[C@@H](O)CCCCC(=O)O. The minimum Gasteiger partial charge on any atom is -0.481 e. The first-order valence-electron chi connectivity index (χ1n) is 8.74. The standard InChI is InChI=1S/C18H30O5/c1-2-3-4-8-14-15(17(21)12-16(14)20)11-10-13(19)7-5-6-9-18(22)23/h10-11,13-15,17,19,21H,2-9,12H2,1H3,(H,22,23)/b11-10+/t13-,14-,15+,17-/m0/s1. The fourth-order valence-electron chi connectivity index (χ4n) is 3.19. The monoisotopic (exact) mass is 326 g/mol. The second kappa shape index (κ2) is 10.6. The summed E-state index contributed by atoms with van der Waals surface area (Å²) in [5.41, 5.74) is 0. The van der Waals surface area contributed by atoms with Crippen LogP contribution in [0.25, 0.3) is 0 Å². The first kappa shape index (κ1) is 19.8. The number of aliphatic hydroxyl groups excluding tert-OH is 2. The summed E-state index contributed by atoms with van der Waals surface area (Å²) in [4.78, 5) is 22.4. The van der Waals surface area contributed by atoms with Crippen LogP contribution in [0.2, 0.25) is 0 Å². The molecular formula is C18H30O5. The summed E-state index contributed by atoms with van der Waals surface area (Å²) in [6, 6.07) is 0. The van der Waals surface area contributed by atoms with E-state index in [1.165, 1.54) is 0 Å². The highest BCUT2D eigenvalue weighted by Gasteiger charge is 2.39. The van der Waals surface area contributed by atoms with Crippen molar-refractivity contribution < 1.29 is 24.9 Å². The van der Waals surface area contributed by atoms with Gasteiger partial charge in [-0.25, -0.2) is 0 Å². The van der Waals surface area contributed by atoms with E-state index in [1.807, 2.05) is 0 Å². The topological polar surface area (TPSA) is 94.8 Å². The minimum absolute atomic E-state index is 0.117. The second-order valence-electron chi connectivity index (χ2n) is 6.51. The fourth-order valence-corrected chi connectivity index (χ4v) is 3.19. The quantitative estimate of drug-likeness (QED) is 0.401. The van der Waals surface area contributed by atoms with Crippen LogP contribution >= 0.6 is 0 Å². The van der Waals surface area contributed by atoms with Gasteiger partial charge in [-0.15, -0.1) is 0 Å². The van der Waals surface area contributed by atoms with Gasteiger partial charge < -0.3 is 15.3 Å². The summed E-state index contributed by atoms with van der Waals surface area (Å²) >= 11 is 0. The van der Waals surface area contributed by atoms with Crippen LogP contribution in [0.15, 0.2) is 12.2 Å². The Bertz CT molecular complexity index is 404. The van der Waals surface area contributed by atoms with Crippen LogP contribution in [0.3, 0.4) is 0 Å². The van der Waals surface area contributed by atoms with Gasteiger partial charge in [0.2, 0.25) is 0 Å². The molecule has 0 aromatic heterocycles. The predicted octanol–water partition coefficient (Wildman–Crippen LogP) is 2.69. The Morgan fingerprint density at radius 1 is 1.30 bits per heavy atom. The number of aliphatic hydroxyl groups is 2. The van der Waals surface area contributed by atoms with E-state index < -0.39 is 18.2 Å². The number of hydrogen-bond acceptors (Lipinski definition) is 4. The van der Waals surface area contributed by atoms with E-state index >= 15 is 0 Å². The highest BCUT2D eigenvalue weighted by molar-refractivity contribution is 5.84. The molecular weight excluding hydrogens is 296 g/mol. The second-order valence-corrected chi connectivity index (χ2v) is 6.51. The zero-order valence-corrected chi connectivity index (χ0v) is 14.0. The summed E-state index contributed by atoms with van der Waals surface area (Å²) in [7, 11) is 0. The summed E-state index contributed by atoms with van der Waals surface area (Å²) in [5.74, 6) is -1.03. The maximum absolute atomic E-state index is 12.0. The van der Waals surface area contributed by atoms with Gasteiger partial charge in [-0.2, -0.15) is 0 Å². The van der Waals surface area contributed by atoms with Crippen molar-refractivity contribution in [2.45, 2.75) is 76.9 Å². The van der Waals surface area contributed by atoms with Crippen molar-refractivity contribution in [2.24, 2.45) is 11.8 Å². The first-order valence-corrected chi connectivity index (χ1v) is 8.74. The molecule has 1 aliphatic carbocycles. The molecule has 0 aromatic rings. The van der Waals surface area contributed by atoms with Gasteiger partial charge >= 0.3 is 5.97 Å². The van der Waals surface area contributed by atoms with Gasteiger partial charge in [0.15, 0.2) is 0 Å². The van der Waals surface area contributed by atoms with Crippen LogP contribution in [0.5, 0.6) is 0 Å². The van der Waals surface area contributed by atoms with Gasteiger partial charge in [-0.05, 0) is 25.7 Å². The summed E-state index contributed by atoms with van der Waals surface area (Å²) < 4.78 is 0. The summed E-state index contributed by atoms with van der Waals surface area (Å²) in [6.45, 7) is 2.11. The van der Waals surface area contributed by atoms with E-state index in [1.54, 1.807) is 12.2 Å². The van der Waals surface area contributed by atoms with Crippen LogP contribution in [-0.4, -0.2) is 39.3 Å². The van der Waals surface area contributed by atoms with Crippen LogP contribution in [-0.2, 0) is 9.59 Å². The van der Waals surface area contributed by atoms with Crippen molar-refractivity contribution in [2.75, 3.05) is 0 Å². The molecule has 1 aliphatic rings. The number of hydrogen-bond donors (Lipinski definition) is 3. The van der Waals surface area contributed by atoms with E-state index in [0.29, 0.717) is 19.3 Å². The van der Waals surface area contributed by atoms with Gasteiger partial charge in [0, 0.05) is 24.7 Å². The normalized spacial score (nSPS) is 26.0. The Kier molecular flexibility index (Phi) is 9.10. The molecule has 0 saturated heterocycles. The highest BCUT2D eigenvalue weighted by Crippen LogP contribution is 2.34. The molecule has 1 fully saturated rings. The molecule has 23 heavy (non-hydrogen) atoms. The van der Waals surface area contributed by atoms with Crippen LogP contribution in [0.4, 0.5) is 0 Å². The summed E-state index contributed by atoms with van der Waals surface area (Å²) in [6.07, 6.45) is 8.12. The Balaban J connectivity index is 2.44. The zero-order valence-electron chi connectivity index (χ0n) is 14.0. The number of carboxylic acids is 1. The van der Waals surface area contributed by atoms with E-state index in [0.717, 1.165) is 25.7 Å². The maximum Gasteiger partial charge on any atom is 0.303 e. The number of carbonyl (C=O) groups is 2. The molecule has 0 bridgehead atoms. The molecule has 1 rings (SSSR count). The van der Waals surface area contributed by atoms with Crippen LogP contribution in [0.1, 0.15) is 64.7 Å². The number of carboxylic acid groups (broad SMARTS) is 1. The molecule has 132 valence electrons. The largest absolute Gasteiger partial charge is 0.481 e. The Morgan fingerprint density at radius 2 is 2.04 bits per heavy atom. The highest BCUT2D eigenvalue weighted by atomic mass is 16.4. The molecule has 1 saturated carbocycles. The van der Waals surface area contributed by atoms with Crippen molar-refractivity contribution in [1.29, 1.82) is 0 Å². The number of aliphatic carboxylic acids is 1. The third-order valence-corrected chi connectivity index (χ3v) is 4.55. The molecule has 0 spiro atoms. The van der Waals surface area contributed by atoms with Gasteiger partial charge in [-0.1, -0.05) is 38.3 Å². The van der Waals surface area contributed by atoms with Gasteiger partial charge in [0.05, 0.1) is 12.2 Å². The van der Waals surface area contributed by atoms with Gasteiger partial charge in [0.1, 0.15) is 5.78 Å². The lowest BCUT2D eigenvalue weighted by molar-refractivity contribution is -0.137. The van der Waals surface area contributed by atoms with Crippen molar-refractivity contribution >= 4 is 11.8 Å². The molecule has 0 unspecified atom stereocenters. The van der Waals surface area contributed by atoms with E-state index in [4.69, 9.17) is 5.11 Å². The molecule has 3 N–H and O–H groups in total. The minimum atomic E-state index is -0.822. The van der Waals surface area contributed by atoms with Crippen molar-refractivity contribution in [3.8, 4) is 0 Å². The lowest BCUT2D eigenvalue weighted by Gasteiger charge is -2.18. The predicted molar refractivity (Wildman–Crippen MR) is 88.0 cm³/mol. The molecule has 5 heteroatoms. The first-order chi connectivity index (χ1) is 11.0. The summed E-state index contributed by atoms with van der Waals surface area (Å²) in [5, 5.41) is 28.5. The van der Waals surface area contributed by atoms with Crippen molar-refractivity contribution in [3.63, 3.8) is 0 Å². The van der Waals surface area contributed by atoms with Crippen LogP contribution < -0.4 is 0 Å². The molecule has 4 atom stereocenters. The third kappa shape index (κ3) is 7.27. The van der Waals surface area contributed by atoms with Crippen LogP contribution in [0, 0.1) is 11.8 Å². The molecule has 0 aromatic carbocycles. The lowest BCUT2D eigenvalue weighted by atomic mass is 9.88. The molecule has 0 aliphatic heterocycles. The average Bonchev–Trinajstić information content (AvgIpc) is 2.75. The number of unbranched alkanes of at least 4 members (excludes halogenated alkanes) is 3. The lowest BCUT2D eigenvalue weighted by Crippen LogP contribution is -2.19. The smallest absolute Gasteiger partial charge is 0.303 e. The molecule has 0 radical (unpaired) electrons. The molecule has 0 amide bonds. The Hall–Kier alpha value is -1.20. The number of carbonyl (C=O) groups excluding carboxylic acids is 1. The van der Waals surface area contributed by atoms with E-state index in [9.17, 15) is 19.8 Å². The Morgan fingerprint density at radius 3 is 2.70 bits per heavy atom. The van der Waals surface area contributed by atoms with Crippen molar-refractivity contribution in [1.82, 2.24) is 0 Å². The van der Waals surface area contributed by atoms with E-state index in [-0.39, 0.29) is 30.5 Å². The molecule has 5 nitrogen and oxygen atoms in total. The number of rotatable bonds is 11. The number of Topliss-reactive ketones (excluding diaryl/α,β-unsaturated/α-hetero) is 1. The van der Waals surface area contributed by atoms with E-state index in [2.05, 4.69) is 6.92 Å². The zero-order chi connectivity index (χ0) is 17.2. The van der Waals surface area contributed by atoms with Gasteiger partial charge in [0.25, 0.3) is 0 Å². The fraction of sp³-hybridized carbons (Fsp3) is 0.778. The third-order valence-electron chi connectivity index (χ3n) is 4.55. The van der Waals surface area contributed by atoms with Gasteiger partial charge in [-0.3, -0.25) is 9.59 Å². The number of ketones is 1. The molecule has 0 heterocycles. The maximum atomic E-state index is 12.0.